The molecule has 2 aliphatic rings. The Morgan fingerprint density at radius 3 is 2.11 bits per heavy atom. The predicted octanol–water partition coefficient (Wildman–Crippen LogP) is 3.87. The quantitative estimate of drug-likeness (QED) is 0.781. The third kappa shape index (κ3) is 4.78. The molecular weight excluding hydrogens is 364 g/mol. The fourth-order valence-corrected chi connectivity index (χ4v) is 3.60. The van der Waals surface area contributed by atoms with Gasteiger partial charge >= 0.3 is 12.1 Å². The van der Waals surface area contributed by atoms with Gasteiger partial charge in [0.25, 0.3) is 0 Å². The molecule has 0 spiro atoms. The van der Waals surface area contributed by atoms with E-state index in [-0.39, 0.29) is 11.6 Å². The van der Waals surface area contributed by atoms with E-state index in [0.29, 0.717) is 17.7 Å². The van der Waals surface area contributed by atoms with Crippen LogP contribution in [0, 0.1) is 5.82 Å². The van der Waals surface area contributed by atoms with Crippen LogP contribution in [0.25, 0.3) is 0 Å². The number of nitrogens with zero attached hydrogens (tertiary/aromatic N) is 1. The van der Waals surface area contributed by atoms with E-state index in [9.17, 15) is 27.2 Å². The van der Waals surface area contributed by atoms with Crippen molar-refractivity contribution in [3.05, 3.63) is 35.6 Å². The van der Waals surface area contributed by atoms with Crippen LogP contribution in [0.2, 0.25) is 0 Å². The average Bonchev–Trinajstić information content (AvgIpc) is 3.45. The monoisotopic (exact) mass is 386 g/mol. The molecular formula is C19H22F4N2O2. The summed E-state index contributed by atoms with van der Waals surface area (Å²) in [4.78, 5) is 25.6. The highest BCUT2D eigenvalue weighted by molar-refractivity contribution is 5.91. The zero-order chi connectivity index (χ0) is 19.6. The fraction of sp³-hybridized carbons (Fsp3) is 0.579. The van der Waals surface area contributed by atoms with Gasteiger partial charge < -0.3 is 10.2 Å². The van der Waals surface area contributed by atoms with E-state index in [1.807, 2.05) is 0 Å². The van der Waals surface area contributed by atoms with Crippen molar-refractivity contribution in [3.8, 4) is 0 Å². The van der Waals surface area contributed by atoms with Crippen LogP contribution in [0.4, 0.5) is 17.6 Å². The Labute approximate surface area is 154 Å². The van der Waals surface area contributed by atoms with Gasteiger partial charge in [-0.2, -0.15) is 13.2 Å². The van der Waals surface area contributed by atoms with Crippen molar-refractivity contribution in [2.24, 2.45) is 0 Å². The Balaban J connectivity index is 1.91. The van der Waals surface area contributed by atoms with Gasteiger partial charge in [0.2, 0.25) is 5.91 Å². The number of alkyl halides is 3. The topological polar surface area (TPSA) is 49.4 Å². The summed E-state index contributed by atoms with van der Waals surface area (Å²) in [6.07, 6.45) is 0.226. The van der Waals surface area contributed by atoms with E-state index < -0.39 is 35.9 Å². The molecule has 0 radical (unpaired) electrons. The van der Waals surface area contributed by atoms with Crippen molar-refractivity contribution in [1.82, 2.24) is 10.2 Å². The van der Waals surface area contributed by atoms with E-state index in [1.54, 1.807) is 0 Å². The van der Waals surface area contributed by atoms with Crippen LogP contribution < -0.4 is 5.32 Å². The van der Waals surface area contributed by atoms with Crippen molar-refractivity contribution >= 4 is 11.8 Å². The predicted molar refractivity (Wildman–Crippen MR) is 90.1 cm³/mol. The number of nitrogens with one attached hydrogen (secondary N) is 1. The van der Waals surface area contributed by atoms with Crippen molar-refractivity contribution in [2.75, 3.05) is 0 Å². The molecule has 3 rings (SSSR count). The summed E-state index contributed by atoms with van der Waals surface area (Å²) in [7, 11) is 0. The number of halogens is 4. The number of benzene rings is 1. The van der Waals surface area contributed by atoms with Gasteiger partial charge in [0.15, 0.2) is 0 Å². The first-order valence-electron chi connectivity index (χ1n) is 9.22. The molecule has 0 aromatic heterocycles. The van der Waals surface area contributed by atoms with E-state index in [2.05, 4.69) is 5.32 Å². The van der Waals surface area contributed by atoms with Crippen molar-refractivity contribution in [3.63, 3.8) is 0 Å². The van der Waals surface area contributed by atoms with Crippen molar-refractivity contribution in [1.29, 1.82) is 0 Å². The molecule has 4 nitrogen and oxygen atoms in total. The molecule has 0 unspecified atom stereocenters. The van der Waals surface area contributed by atoms with E-state index >= 15 is 0 Å². The van der Waals surface area contributed by atoms with Gasteiger partial charge in [0.05, 0.1) is 0 Å². The Kier molecular flexibility index (Phi) is 5.72. The van der Waals surface area contributed by atoms with Gasteiger partial charge in [-0.15, -0.1) is 0 Å². The maximum absolute atomic E-state index is 13.3. The molecule has 1 N–H and O–H groups in total. The van der Waals surface area contributed by atoms with E-state index in [0.717, 1.165) is 44.2 Å². The Bertz CT molecular complexity index is 680. The van der Waals surface area contributed by atoms with E-state index in [4.69, 9.17) is 0 Å². The van der Waals surface area contributed by atoms with Crippen LogP contribution in [0.1, 0.15) is 56.6 Å². The van der Waals surface area contributed by atoms with Gasteiger partial charge in [-0.05, 0) is 43.4 Å². The van der Waals surface area contributed by atoms with Gasteiger partial charge in [-0.3, -0.25) is 9.59 Å². The molecule has 0 saturated heterocycles. The molecule has 8 heteroatoms. The second kappa shape index (κ2) is 7.86. The molecule has 148 valence electrons. The summed E-state index contributed by atoms with van der Waals surface area (Å²) >= 11 is 0. The zero-order valence-electron chi connectivity index (χ0n) is 14.8. The largest absolute Gasteiger partial charge is 0.471 e. The number of rotatable bonds is 5. The van der Waals surface area contributed by atoms with Crippen LogP contribution in [0.15, 0.2) is 24.3 Å². The average molecular weight is 386 g/mol. The van der Waals surface area contributed by atoms with Crippen LogP contribution in [-0.2, 0) is 9.59 Å². The fourth-order valence-electron chi connectivity index (χ4n) is 3.60. The number of amides is 2. The zero-order valence-corrected chi connectivity index (χ0v) is 14.8. The van der Waals surface area contributed by atoms with Crippen LogP contribution >= 0.6 is 0 Å². The van der Waals surface area contributed by atoms with Gasteiger partial charge in [-0.25, -0.2) is 4.39 Å². The van der Waals surface area contributed by atoms with Crippen LogP contribution in [0.3, 0.4) is 0 Å². The molecule has 2 amide bonds. The molecule has 2 aliphatic carbocycles. The summed E-state index contributed by atoms with van der Waals surface area (Å²) < 4.78 is 52.8. The molecule has 1 atom stereocenters. The summed E-state index contributed by atoms with van der Waals surface area (Å²) in [5.74, 6) is -3.23. The minimum Gasteiger partial charge on any atom is -0.351 e. The van der Waals surface area contributed by atoms with Gasteiger partial charge in [0.1, 0.15) is 11.9 Å². The lowest BCUT2D eigenvalue weighted by Gasteiger charge is -2.33. The summed E-state index contributed by atoms with van der Waals surface area (Å²) in [6.45, 7) is 0. The van der Waals surface area contributed by atoms with Gasteiger partial charge in [0, 0.05) is 12.1 Å². The van der Waals surface area contributed by atoms with Gasteiger partial charge in [-0.1, -0.05) is 31.4 Å². The van der Waals surface area contributed by atoms with Crippen molar-refractivity contribution < 1.29 is 27.2 Å². The summed E-state index contributed by atoms with van der Waals surface area (Å²) in [6, 6.07) is 2.52. The summed E-state index contributed by atoms with van der Waals surface area (Å²) in [5, 5.41) is 2.81. The van der Waals surface area contributed by atoms with E-state index in [1.165, 1.54) is 12.1 Å². The lowest BCUT2D eigenvalue weighted by molar-refractivity contribution is -0.189. The minimum atomic E-state index is -5.08. The molecule has 1 aromatic rings. The highest BCUT2D eigenvalue weighted by atomic mass is 19.4. The molecule has 27 heavy (non-hydrogen) atoms. The number of hydrogen-bond donors (Lipinski definition) is 1. The Morgan fingerprint density at radius 2 is 1.59 bits per heavy atom. The second-order valence-corrected chi connectivity index (χ2v) is 7.24. The lowest BCUT2D eigenvalue weighted by Crippen LogP contribution is -2.51. The maximum atomic E-state index is 13.3. The Morgan fingerprint density at radius 1 is 1.00 bits per heavy atom. The highest BCUT2D eigenvalue weighted by Gasteiger charge is 2.51. The first-order valence-corrected chi connectivity index (χ1v) is 9.22. The highest BCUT2D eigenvalue weighted by Crippen LogP contribution is 2.38. The normalized spacial score (nSPS) is 19.4. The summed E-state index contributed by atoms with van der Waals surface area (Å²) in [5.41, 5.74) is 0.175. The third-order valence-electron chi connectivity index (χ3n) is 5.08. The SMILES string of the molecule is O=C(NC1CCCCC1)[C@H](c1ccc(F)cc1)N(C(=O)C(F)(F)F)C1CC1. The van der Waals surface area contributed by atoms with Crippen LogP contribution in [0.5, 0.6) is 0 Å². The number of carbonyl (C=O) groups excluding carboxylic acids is 2. The third-order valence-corrected chi connectivity index (χ3v) is 5.08. The molecule has 0 aliphatic heterocycles. The number of carbonyl (C=O) groups is 2. The molecule has 0 bridgehead atoms. The molecule has 0 heterocycles. The standard InChI is InChI=1S/C19H22F4N2O2/c20-13-8-6-12(7-9-13)16(17(26)24-14-4-2-1-3-5-14)25(15-10-11-15)18(27)19(21,22)23/h6-9,14-16H,1-5,10-11H2,(H,24,26)/t16-/m0/s1. The minimum absolute atomic E-state index is 0.115. The first-order chi connectivity index (χ1) is 12.8. The molecule has 1 aromatic carbocycles. The van der Waals surface area contributed by atoms with Crippen molar-refractivity contribution in [2.45, 2.75) is 69.2 Å². The molecule has 2 saturated carbocycles. The smallest absolute Gasteiger partial charge is 0.351 e. The van der Waals surface area contributed by atoms with Crippen LogP contribution in [-0.4, -0.2) is 35.0 Å². The first kappa shape index (κ1) is 19.6. The maximum Gasteiger partial charge on any atom is 0.471 e. The molecule has 2 fully saturated rings. The Hall–Kier alpha value is -2.12. The lowest BCUT2D eigenvalue weighted by atomic mass is 9.94. The second-order valence-electron chi connectivity index (χ2n) is 7.24. The number of hydrogen-bond acceptors (Lipinski definition) is 2.